The van der Waals surface area contributed by atoms with Crippen LogP contribution in [-0.2, 0) is 20.5 Å². The number of halogens is 3. The van der Waals surface area contributed by atoms with E-state index in [1.54, 1.807) is 12.1 Å². The van der Waals surface area contributed by atoms with Crippen LogP contribution in [0, 0.1) is 0 Å². The summed E-state index contributed by atoms with van der Waals surface area (Å²) >= 11 is 0. The van der Waals surface area contributed by atoms with Crippen LogP contribution in [0.5, 0.6) is 17.2 Å². The van der Waals surface area contributed by atoms with Crippen molar-refractivity contribution in [1.29, 1.82) is 0 Å². The van der Waals surface area contributed by atoms with Crippen LogP contribution in [0.3, 0.4) is 0 Å². The van der Waals surface area contributed by atoms with Gasteiger partial charge in [0.15, 0.2) is 17.6 Å². The lowest BCUT2D eigenvalue weighted by Gasteiger charge is -2.16. The molecule has 0 fully saturated rings. The summed E-state index contributed by atoms with van der Waals surface area (Å²) in [7, 11) is 4.33. The standard InChI is InChI=1S/C22H22F3NO6/c1-13(21(28)26-16-8-6-5-7-15(16)22(23,24)25)32-19(27)10-9-14-11-17(29-2)20(31-4)18(12-14)30-3/h5-13H,1-4H3,(H,26,28). The summed E-state index contributed by atoms with van der Waals surface area (Å²) in [6.07, 6.45) is -3.52. The second kappa shape index (κ2) is 10.6. The zero-order chi connectivity index (χ0) is 23.9. The molecule has 10 heteroatoms. The van der Waals surface area contributed by atoms with Crippen LogP contribution in [0.25, 0.3) is 6.08 Å². The van der Waals surface area contributed by atoms with E-state index in [-0.39, 0.29) is 0 Å². The van der Waals surface area contributed by atoms with Gasteiger partial charge in [-0.2, -0.15) is 13.2 Å². The first-order valence-electron chi connectivity index (χ1n) is 9.26. The van der Waals surface area contributed by atoms with E-state index in [1.165, 1.54) is 46.5 Å². The number of alkyl halides is 3. The third kappa shape index (κ3) is 6.16. The molecule has 0 aliphatic heterocycles. The van der Waals surface area contributed by atoms with Gasteiger partial charge in [0.2, 0.25) is 5.75 Å². The van der Waals surface area contributed by atoms with Gasteiger partial charge in [0.05, 0.1) is 32.6 Å². The third-order valence-electron chi connectivity index (χ3n) is 4.25. The molecule has 0 aliphatic rings. The third-order valence-corrected chi connectivity index (χ3v) is 4.25. The van der Waals surface area contributed by atoms with E-state index in [2.05, 4.69) is 5.32 Å². The first-order chi connectivity index (χ1) is 15.1. The highest BCUT2D eigenvalue weighted by atomic mass is 19.4. The number of hydrogen-bond acceptors (Lipinski definition) is 6. The average molecular weight is 453 g/mol. The number of para-hydroxylation sites is 1. The summed E-state index contributed by atoms with van der Waals surface area (Å²) in [6.45, 7) is 1.25. The Labute approximate surface area is 182 Å². The second-order valence-electron chi connectivity index (χ2n) is 6.40. The lowest BCUT2D eigenvalue weighted by Crippen LogP contribution is -2.30. The average Bonchev–Trinajstić information content (AvgIpc) is 2.76. The van der Waals surface area contributed by atoms with Gasteiger partial charge in [-0.1, -0.05) is 12.1 Å². The molecule has 1 unspecified atom stereocenters. The fourth-order valence-electron chi connectivity index (χ4n) is 2.70. The molecular formula is C22H22F3NO6. The van der Waals surface area contributed by atoms with E-state index in [9.17, 15) is 22.8 Å². The Hall–Kier alpha value is -3.69. The van der Waals surface area contributed by atoms with E-state index >= 15 is 0 Å². The molecule has 0 saturated carbocycles. The van der Waals surface area contributed by atoms with Crippen molar-refractivity contribution in [3.63, 3.8) is 0 Å². The molecule has 32 heavy (non-hydrogen) atoms. The molecule has 1 N–H and O–H groups in total. The van der Waals surface area contributed by atoms with Gasteiger partial charge in [-0.3, -0.25) is 4.79 Å². The Kier molecular flexibility index (Phi) is 8.11. The number of hydrogen-bond donors (Lipinski definition) is 1. The van der Waals surface area contributed by atoms with Crippen LogP contribution in [0.4, 0.5) is 18.9 Å². The minimum atomic E-state index is -4.65. The number of esters is 1. The fraction of sp³-hybridized carbons (Fsp3) is 0.273. The number of carbonyl (C=O) groups is 2. The molecule has 1 atom stereocenters. The Morgan fingerprint density at radius 3 is 2.12 bits per heavy atom. The van der Waals surface area contributed by atoms with Gasteiger partial charge in [-0.15, -0.1) is 0 Å². The van der Waals surface area contributed by atoms with Crippen LogP contribution < -0.4 is 19.5 Å². The predicted molar refractivity (Wildman–Crippen MR) is 111 cm³/mol. The van der Waals surface area contributed by atoms with E-state index in [1.807, 2.05) is 0 Å². The van der Waals surface area contributed by atoms with Crippen molar-refractivity contribution in [3.05, 3.63) is 53.6 Å². The van der Waals surface area contributed by atoms with Gasteiger partial charge in [0, 0.05) is 6.08 Å². The normalized spacial score (nSPS) is 12.2. The molecular weight excluding hydrogens is 431 g/mol. The van der Waals surface area contributed by atoms with Crippen molar-refractivity contribution >= 4 is 23.6 Å². The topological polar surface area (TPSA) is 83.1 Å². The fourth-order valence-corrected chi connectivity index (χ4v) is 2.70. The Balaban J connectivity index is 2.07. The van der Waals surface area contributed by atoms with Crippen LogP contribution in [-0.4, -0.2) is 39.3 Å². The van der Waals surface area contributed by atoms with Crippen LogP contribution >= 0.6 is 0 Å². The highest BCUT2D eigenvalue weighted by Gasteiger charge is 2.34. The van der Waals surface area contributed by atoms with Crippen molar-refractivity contribution in [2.45, 2.75) is 19.2 Å². The smallest absolute Gasteiger partial charge is 0.418 e. The number of nitrogens with one attached hydrogen (secondary N) is 1. The molecule has 2 aromatic carbocycles. The van der Waals surface area contributed by atoms with Crippen molar-refractivity contribution in [3.8, 4) is 17.2 Å². The lowest BCUT2D eigenvalue weighted by molar-refractivity contribution is -0.148. The molecule has 0 aliphatic carbocycles. The van der Waals surface area contributed by atoms with Crippen molar-refractivity contribution < 1.29 is 41.7 Å². The maximum Gasteiger partial charge on any atom is 0.418 e. The van der Waals surface area contributed by atoms with Gasteiger partial charge < -0.3 is 24.3 Å². The number of benzene rings is 2. The maximum absolute atomic E-state index is 13.1. The zero-order valence-corrected chi connectivity index (χ0v) is 17.8. The highest BCUT2D eigenvalue weighted by Crippen LogP contribution is 2.38. The van der Waals surface area contributed by atoms with E-state index in [4.69, 9.17) is 18.9 Å². The molecule has 2 aromatic rings. The molecule has 172 valence electrons. The van der Waals surface area contributed by atoms with E-state index < -0.39 is 35.4 Å². The van der Waals surface area contributed by atoms with Crippen LogP contribution in [0.15, 0.2) is 42.5 Å². The molecule has 0 bridgehead atoms. The molecule has 0 spiro atoms. The van der Waals surface area contributed by atoms with Crippen molar-refractivity contribution in [1.82, 2.24) is 0 Å². The summed E-state index contributed by atoms with van der Waals surface area (Å²) < 4.78 is 59.8. The molecule has 0 aromatic heterocycles. The van der Waals surface area contributed by atoms with E-state index in [0.717, 1.165) is 18.2 Å². The minimum absolute atomic E-state index is 0.371. The van der Waals surface area contributed by atoms with Gasteiger partial charge in [-0.25, -0.2) is 4.79 Å². The van der Waals surface area contributed by atoms with Gasteiger partial charge in [0.25, 0.3) is 5.91 Å². The lowest BCUT2D eigenvalue weighted by atomic mass is 10.1. The van der Waals surface area contributed by atoms with E-state index in [0.29, 0.717) is 22.8 Å². The number of ether oxygens (including phenoxy) is 4. The van der Waals surface area contributed by atoms with Gasteiger partial charge >= 0.3 is 12.1 Å². The molecule has 7 nitrogen and oxygen atoms in total. The van der Waals surface area contributed by atoms with Gasteiger partial charge in [0.1, 0.15) is 0 Å². The quantitative estimate of drug-likeness (QED) is 0.474. The number of anilines is 1. The van der Waals surface area contributed by atoms with Crippen molar-refractivity contribution in [2.24, 2.45) is 0 Å². The molecule has 1 amide bonds. The Morgan fingerprint density at radius 1 is 1.00 bits per heavy atom. The largest absolute Gasteiger partial charge is 0.493 e. The number of rotatable bonds is 8. The van der Waals surface area contributed by atoms with Gasteiger partial charge in [-0.05, 0) is 42.8 Å². The second-order valence-corrected chi connectivity index (χ2v) is 6.40. The van der Waals surface area contributed by atoms with Crippen molar-refractivity contribution in [2.75, 3.05) is 26.6 Å². The first kappa shape index (κ1) is 24.6. The molecule has 0 saturated heterocycles. The number of carbonyl (C=O) groups excluding carboxylic acids is 2. The molecule has 0 radical (unpaired) electrons. The summed E-state index contributed by atoms with van der Waals surface area (Å²) in [6, 6.07) is 7.69. The number of amides is 1. The molecule has 0 heterocycles. The summed E-state index contributed by atoms with van der Waals surface area (Å²) in [5, 5.41) is 2.13. The summed E-state index contributed by atoms with van der Waals surface area (Å²) in [5.41, 5.74) is -0.914. The highest BCUT2D eigenvalue weighted by molar-refractivity contribution is 5.97. The Bertz CT molecular complexity index is 978. The predicted octanol–water partition coefficient (Wildman–Crippen LogP) is 4.31. The maximum atomic E-state index is 13.1. The first-order valence-corrected chi connectivity index (χ1v) is 9.26. The number of methoxy groups -OCH3 is 3. The van der Waals surface area contributed by atoms with Crippen LogP contribution in [0.1, 0.15) is 18.1 Å². The SMILES string of the molecule is COc1cc(C=CC(=O)OC(C)C(=O)Nc2ccccc2C(F)(F)F)cc(OC)c1OC. The monoisotopic (exact) mass is 453 g/mol. The summed E-state index contributed by atoms with van der Waals surface area (Å²) in [4.78, 5) is 24.3. The van der Waals surface area contributed by atoms with Crippen LogP contribution in [0.2, 0.25) is 0 Å². The molecule has 2 rings (SSSR count). The summed E-state index contributed by atoms with van der Waals surface area (Å²) in [5.74, 6) is -0.659. The minimum Gasteiger partial charge on any atom is -0.493 e. The Morgan fingerprint density at radius 2 is 1.59 bits per heavy atom. The zero-order valence-electron chi connectivity index (χ0n) is 17.8.